The van der Waals surface area contributed by atoms with Gasteiger partial charge in [0.1, 0.15) is 4.90 Å². The summed E-state index contributed by atoms with van der Waals surface area (Å²) in [6, 6.07) is 4.04. The fraction of sp³-hybridized carbons (Fsp3) is 0.611. The van der Waals surface area contributed by atoms with Crippen LogP contribution in [-0.4, -0.2) is 58.0 Å². The Morgan fingerprint density at radius 3 is 2.81 bits per heavy atom. The first-order chi connectivity index (χ1) is 12.8. The molecule has 0 aromatic heterocycles. The molecule has 0 radical (unpaired) electrons. The molecule has 1 aliphatic rings. The normalized spacial score (nSPS) is 17.4. The number of sulfonamides is 1. The highest BCUT2D eigenvalue weighted by Gasteiger charge is 2.23. The molecule has 1 aliphatic heterocycles. The lowest BCUT2D eigenvalue weighted by atomic mass is 10.2. The molecule has 1 heterocycles. The highest BCUT2D eigenvalue weighted by molar-refractivity contribution is 7.89. The number of hydrogen-bond acceptors (Lipinski definition) is 6. The quantitative estimate of drug-likeness (QED) is 0.487. The molecule has 1 aromatic carbocycles. The minimum atomic E-state index is -3.88. The summed E-state index contributed by atoms with van der Waals surface area (Å²) in [5, 5.41) is 12.3. The van der Waals surface area contributed by atoms with E-state index in [4.69, 9.17) is 9.47 Å². The fourth-order valence-corrected chi connectivity index (χ4v) is 4.00. The number of carboxylic acid groups (broad SMARTS) is 1. The molecule has 1 aromatic rings. The molecule has 9 heteroatoms. The van der Waals surface area contributed by atoms with Crippen molar-refractivity contribution in [2.24, 2.45) is 0 Å². The van der Waals surface area contributed by atoms with E-state index in [1.807, 2.05) is 13.8 Å². The number of nitrogens with one attached hydrogen (secondary N) is 2. The largest absolute Gasteiger partial charge is 0.478 e. The van der Waals surface area contributed by atoms with Crippen LogP contribution in [-0.2, 0) is 19.5 Å². The molecule has 0 amide bonds. The van der Waals surface area contributed by atoms with Crippen molar-refractivity contribution in [1.82, 2.24) is 4.72 Å². The molecule has 8 nitrogen and oxygen atoms in total. The van der Waals surface area contributed by atoms with E-state index in [1.54, 1.807) is 0 Å². The van der Waals surface area contributed by atoms with Crippen molar-refractivity contribution < 1.29 is 27.8 Å². The lowest BCUT2D eigenvalue weighted by Gasteiger charge is -2.16. The molecule has 0 aliphatic carbocycles. The summed E-state index contributed by atoms with van der Waals surface area (Å²) in [6.45, 7) is 5.75. The van der Waals surface area contributed by atoms with Gasteiger partial charge in [0.25, 0.3) is 0 Å². The number of carbonyl (C=O) groups is 1. The number of ether oxygens (including phenoxy) is 2. The van der Waals surface area contributed by atoms with E-state index in [1.165, 1.54) is 18.2 Å². The Morgan fingerprint density at radius 2 is 2.19 bits per heavy atom. The molecule has 0 bridgehead atoms. The summed E-state index contributed by atoms with van der Waals surface area (Å²) < 4.78 is 38.9. The SMILES string of the molecule is CC(C)OCCCNc1ccc(C(=O)O)cc1S(=O)(=O)NCC1CCCO1. The average molecular weight is 400 g/mol. The number of rotatable bonds is 11. The van der Waals surface area contributed by atoms with Crippen molar-refractivity contribution in [3.8, 4) is 0 Å². The van der Waals surface area contributed by atoms with Crippen LogP contribution in [0.3, 0.4) is 0 Å². The molecule has 1 unspecified atom stereocenters. The Morgan fingerprint density at radius 1 is 1.41 bits per heavy atom. The van der Waals surface area contributed by atoms with Crippen molar-refractivity contribution in [3.63, 3.8) is 0 Å². The second-order valence-electron chi connectivity index (χ2n) is 6.70. The number of aromatic carboxylic acids is 1. The van der Waals surface area contributed by atoms with E-state index >= 15 is 0 Å². The van der Waals surface area contributed by atoms with Crippen LogP contribution in [0.15, 0.2) is 23.1 Å². The number of anilines is 1. The van der Waals surface area contributed by atoms with Crippen LogP contribution in [0.25, 0.3) is 0 Å². The zero-order valence-corrected chi connectivity index (χ0v) is 16.5. The van der Waals surface area contributed by atoms with Gasteiger partial charge in [-0.2, -0.15) is 0 Å². The van der Waals surface area contributed by atoms with E-state index in [0.717, 1.165) is 12.8 Å². The summed E-state index contributed by atoms with van der Waals surface area (Å²) >= 11 is 0. The van der Waals surface area contributed by atoms with E-state index in [0.29, 0.717) is 31.9 Å². The van der Waals surface area contributed by atoms with Gasteiger partial charge in [-0.05, 0) is 51.3 Å². The number of carboxylic acids is 1. The average Bonchev–Trinajstić information content (AvgIpc) is 3.13. The van der Waals surface area contributed by atoms with Gasteiger partial charge in [0.2, 0.25) is 10.0 Å². The lowest BCUT2D eigenvalue weighted by molar-refractivity contribution is 0.0696. The highest BCUT2D eigenvalue weighted by atomic mass is 32.2. The number of benzene rings is 1. The molecule has 27 heavy (non-hydrogen) atoms. The maximum atomic E-state index is 12.7. The zero-order valence-electron chi connectivity index (χ0n) is 15.7. The summed E-state index contributed by atoms with van der Waals surface area (Å²) in [5.74, 6) is -1.18. The summed E-state index contributed by atoms with van der Waals surface area (Å²) in [5.41, 5.74) is 0.283. The van der Waals surface area contributed by atoms with Crippen LogP contribution in [0.2, 0.25) is 0 Å². The van der Waals surface area contributed by atoms with Gasteiger partial charge in [-0.1, -0.05) is 0 Å². The second-order valence-corrected chi connectivity index (χ2v) is 8.44. The predicted octanol–water partition coefficient (Wildman–Crippen LogP) is 2.07. The first-order valence-electron chi connectivity index (χ1n) is 9.13. The molecule has 2 rings (SSSR count). The molecule has 152 valence electrons. The minimum Gasteiger partial charge on any atom is -0.478 e. The topological polar surface area (TPSA) is 114 Å². The van der Waals surface area contributed by atoms with Gasteiger partial charge in [-0.15, -0.1) is 0 Å². The molecule has 0 spiro atoms. The summed E-state index contributed by atoms with van der Waals surface area (Å²) in [6.07, 6.45) is 2.40. The maximum absolute atomic E-state index is 12.7. The van der Waals surface area contributed by atoms with Gasteiger partial charge in [0.05, 0.1) is 23.5 Å². The van der Waals surface area contributed by atoms with Crippen molar-refractivity contribution in [2.45, 2.75) is 50.2 Å². The van der Waals surface area contributed by atoms with Crippen LogP contribution < -0.4 is 10.0 Å². The van der Waals surface area contributed by atoms with Crippen LogP contribution >= 0.6 is 0 Å². The third-order valence-corrected chi connectivity index (χ3v) is 5.59. The molecule has 3 N–H and O–H groups in total. The van der Waals surface area contributed by atoms with Crippen LogP contribution in [0.5, 0.6) is 0 Å². The van der Waals surface area contributed by atoms with Crippen molar-refractivity contribution >= 4 is 21.7 Å². The Kier molecular flexibility index (Phi) is 8.03. The van der Waals surface area contributed by atoms with Crippen molar-refractivity contribution in [3.05, 3.63) is 23.8 Å². The Labute approximate surface area is 160 Å². The third kappa shape index (κ3) is 6.76. The third-order valence-electron chi connectivity index (χ3n) is 4.13. The van der Waals surface area contributed by atoms with E-state index in [9.17, 15) is 18.3 Å². The first kappa shape index (κ1) is 21.6. The second kappa shape index (κ2) is 10.0. The predicted molar refractivity (Wildman–Crippen MR) is 102 cm³/mol. The molecular weight excluding hydrogens is 372 g/mol. The molecular formula is C18H28N2O6S. The zero-order chi connectivity index (χ0) is 19.9. The van der Waals surface area contributed by atoms with E-state index in [-0.39, 0.29) is 29.2 Å². The van der Waals surface area contributed by atoms with Crippen LogP contribution in [0, 0.1) is 0 Å². The highest BCUT2D eigenvalue weighted by Crippen LogP contribution is 2.23. The van der Waals surface area contributed by atoms with Gasteiger partial charge in [-0.25, -0.2) is 17.9 Å². The maximum Gasteiger partial charge on any atom is 0.335 e. The van der Waals surface area contributed by atoms with E-state index in [2.05, 4.69) is 10.0 Å². The number of hydrogen-bond donors (Lipinski definition) is 3. The smallest absolute Gasteiger partial charge is 0.335 e. The Balaban J connectivity index is 2.09. The van der Waals surface area contributed by atoms with Gasteiger partial charge in [0.15, 0.2) is 0 Å². The van der Waals surface area contributed by atoms with Crippen LogP contribution in [0.4, 0.5) is 5.69 Å². The fourth-order valence-electron chi connectivity index (χ4n) is 2.72. The molecule has 1 fully saturated rings. The van der Waals surface area contributed by atoms with Gasteiger partial charge < -0.3 is 19.9 Å². The van der Waals surface area contributed by atoms with Gasteiger partial charge in [-0.3, -0.25) is 0 Å². The van der Waals surface area contributed by atoms with Gasteiger partial charge >= 0.3 is 5.97 Å². The van der Waals surface area contributed by atoms with Crippen LogP contribution in [0.1, 0.15) is 43.5 Å². The summed E-state index contributed by atoms with van der Waals surface area (Å²) in [4.78, 5) is 11.2. The first-order valence-corrected chi connectivity index (χ1v) is 10.6. The monoisotopic (exact) mass is 400 g/mol. The summed E-state index contributed by atoms with van der Waals surface area (Å²) in [7, 11) is -3.88. The molecule has 1 atom stereocenters. The Bertz CT molecular complexity index is 729. The van der Waals surface area contributed by atoms with Crippen molar-refractivity contribution in [2.75, 3.05) is 31.6 Å². The lowest BCUT2D eigenvalue weighted by Crippen LogP contribution is -2.32. The molecule has 1 saturated heterocycles. The van der Waals surface area contributed by atoms with Gasteiger partial charge in [0, 0.05) is 26.3 Å². The van der Waals surface area contributed by atoms with E-state index < -0.39 is 16.0 Å². The molecule has 0 saturated carbocycles. The standard InChI is InChI=1S/C18H28N2O6S/c1-13(2)25-10-4-8-19-16-7-6-14(18(21)22)11-17(16)27(23,24)20-12-15-5-3-9-26-15/h6-7,11,13,15,19-20H,3-5,8-10,12H2,1-2H3,(H,21,22). The van der Waals surface area contributed by atoms with Crippen molar-refractivity contribution in [1.29, 1.82) is 0 Å². The minimum absolute atomic E-state index is 0.0785. The Hall–Kier alpha value is -1.68.